The van der Waals surface area contributed by atoms with Gasteiger partial charge >= 0.3 is 0 Å². The molecule has 0 heterocycles. The third-order valence-corrected chi connectivity index (χ3v) is 4.71. The third-order valence-electron chi connectivity index (χ3n) is 4.71. The molecule has 2 aromatic rings. The van der Waals surface area contributed by atoms with Gasteiger partial charge in [0.15, 0.2) is 11.5 Å². The van der Waals surface area contributed by atoms with Crippen LogP contribution < -0.4 is 19.5 Å². The number of aryl methyl sites for hydroxylation is 1. The maximum atomic E-state index is 12.3. The Labute approximate surface area is 167 Å². The second kappa shape index (κ2) is 10.6. The third kappa shape index (κ3) is 5.89. The van der Waals surface area contributed by atoms with E-state index in [0.29, 0.717) is 30.9 Å². The van der Waals surface area contributed by atoms with Crippen molar-refractivity contribution in [1.82, 2.24) is 10.2 Å². The van der Waals surface area contributed by atoms with Crippen LogP contribution in [0.25, 0.3) is 0 Å². The number of methoxy groups -OCH3 is 3. The standard InChI is InChI=1S/C22H30N2O4/c1-24(2)19(17-8-10-18(26-3)11-9-17)15-23-22(25)13-7-16-6-12-20(27-4)21(14-16)28-5/h6,8-12,14,19H,7,13,15H2,1-5H3,(H,23,25). The smallest absolute Gasteiger partial charge is 0.220 e. The minimum absolute atomic E-state index is 0.0233. The van der Waals surface area contributed by atoms with Crippen molar-refractivity contribution in [1.29, 1.82) is 0 Å². The van der Waals surface area contributed by atoms with Crippen LogP contribution in [0.2, 0.25) is 0 Å². The number of ether oxygens (including phenoxy) is 3. The fraction of sp³-hybridized carbons (Fsp3) is 0.409. The molecule has 0 aromatic heterocycles. The van der Waals surface area contributed by atoms with Crippen LogP contribution >= 0.6 is 0 Å². The SMILES string of the molecule is COc1ccc(C(CNC(=O)CCc2ccc(OC)c(OC)c2)N(C)C)cc1. The summed E-state index contributed by atoms with van der Waals surface area (Å²) in [6, 6.07) is 13.7. The Hall–Kier alpha value is -2.73. The molecule has 1 N–H and O–H groups in total. The topological polar surface area (TPSA) is 60.0 Å². The zero-order valence-electron chi connectivity index (χ0n) is 17.3. The van der Waals surface area contributed by atoms with Crippen LogP contribution in [-0.2, 0) is 11.2 Å². The van der Waals surface area contributed by atoms with Gasteiger partial charge in [0.1, 0.15) is 5.75 Å². The molecule has 0 saturated carbocycles. The van der Waals surface area contributed by atoms with Crippen LogP contribution in [-0.4, -0.2) is 52.8 Å². The number of likely N-dealkylation sites (N-methyl/N-ethyl adjacent to an activating group) is 1. The highest BCUT2D eigenvalue weighted by Gasteiger charge is 2.15. The minimum Gasteiger partial charge on any atom is -0.497 e. The van der Waals surface area contributed by atoms with Crippen LogP contribution in [0.5, 0.6) is 17.2 Å². The van der Waals surface area contributed by atoms with Crippen LogP contribution in [0.4, 0.5) is 0 Å². The Bertz CT molecular complexity index is 760. The number of rotatable bonds is 10. The molecule has 0 aliphatic carbocycles. The fourth-order valence-electron chi connectivity index (χ4n) is 3.02. The Morgan fingerprint density at radius 2 is 1.64 bits per heavy atom. The minimum atomic E-state index is 0.0233. The van der Waals surface area contributed by atoms with Crippen LogP contribution in [0, 0.1) is 0 Å². The summed E-state index contributed by atoms with van der Waals surface area (Å²) < 4.78 is 15.8. The van der Waals surface area contributed by atoms with E-state index in [1.165, 1.54) is 0 Å². The van der Waals surface area contributed by atoms with Gasteiger partial charge in [0.2, 0.25) is 5.91 Å². The number of amides is 1. The van der Waals surface area contributed by atoms with Gasteiger partial charge in [-0.05, 0) is 55.9 Å². The van der Waals surface area contributed by atoms with Gasteiger partial charge in [-0.25, -0.2) is 0 Å². The van der Waals surface area contributed by atoms with E-state index in [9.17, 15) is 4.79 Å². The van der Waals surface area contributed by atoms with Crippen molar-refractivity contribution in [2.75, 3.05) is 42.0 Å². The highest BCUT2D eigenvalue weighted by atomic mass is 16.5. The lowest BCUT2D eigenvalue weighted by Crippen LogP contribution is -2.34. The Balaban J connectivity index is 1.90. The molecule has 6 heteroatoms. The first kappa shape index (κ1) is 21.6. The van der Waals surface area contributed by atoms with Crippen molar-refractivity contribution in [3.05, 3.63) is 53.6 Å². The Kier molecular flexibility index (Phi) is 8.14. The number of nitrogens with zero attached hydrogens (tertiary/aromatic N) is 1. The second-order valence-electron chi connectivity index (χ2n) is 6.75. The number of carbonyl (C=O) groups excluding carboxylic acids is 1. The average molecular weight is 386 g/mol. The summed E-state index contributed by atoms with van der Waals surface area (Å²) in [6.07, 6.45) is 1.06. The Morgan fingerprint density at radius 1 is 0.964 bits per heavy atom. The number of carbonyl (C=O) groups is 1. The molecule has 2 aromatic carbocycles. The lowest BCUT2D eigenvalue weighted by molar-refractivity contribution is -0.121. The molecule has 1 atom stereocenters. The number of hydrogen-bond acceptors (Lipinski definition) is 5. The molecule has 152 valence electrons. The van der Waals surface area contributed by atoms with Gasteiger partial charge in [-0.3, -0.25) is 4.79 Å². The molecule has 0 aliphatic rings. The Morgan fingerprint density at radius 3 is 2.21 bits per heavy atom. The van der Waals surface area contributed by atoms with E-state index < -0.39 is 0 Å². The molecule has 0 fully saturated rings. The molecule has 0 bridgehead atoms. The molecular weight excluding hydrogens is 356 g/mol. The number of benzene rings is 2. The molecule has 0 aliphatic heterocycles. The molecule has 2 rings (SSSR count). The van der Waals surface area contributed by atoms with Gasteiger partial charge in [-0.15, -0.1) is 0 Å². The summed E-state index contributed by atoms with van der Waals surface area (Å²) in [5.41, 5.74) is 2.16. The molecule has 1 unspecified atom stereocenters. The van der Waals surface area contributed by atoms with Crippen LogP contribution in [0.15, 0.2) is 42.5 Å². The lowest BCUT2D eigenvalue weighted by atomic mass is 10.1. The molecule has 0 spiro atoms. The van der Waals surface area contributed by atoms with E-state index in [-0.39, 0.29) is 11.9 Å². The van der Waals surface area contributed by atoms with E-state index in [1.807, 2.05) is 56.6 Å². The summed E-state index contributed by atoms with van der Waals surface area (Å²) in [6.45, 7) is 0.546. The lowest BCUT2D eigenvalue weighted by Gasteiger charge is -2.25. The first-order valence-corrected chi connectivity index (χ1v) is 9.26. The van der Waals surface area contributed by atoms with E-state index in [1.54, 1.807) is 21.3 Å². The monoisotopic (exact) mass is 386 g/mol. The van der Waals surface area contributed by atoms with Gasteiger partial charge in [-0.1, -0.05) is 18.2 Å². The number of nitrogens with one attached hydrogen (secondary N) is 1. The highest BCUT2D eigenvalue weighted by Crippen LogP contribution is 2.28. The summed E-state index contributed by atoms with van der Waals surface area (Å²) in [7, 11) is 8.87. The predicted molar refractivity (Wildman–Crippen MR) is 110 cm³/mol. The zero-order valence-corrected chi connectivity index (χ0v) is 17.3. The number of hydrogen-bond donors (Lipinski definition) is 1. The van der Waals surface area contributed by atoms with Gasteiger partial charge in [0.25, 0.3) is 0 Å². The van der Waals surface area contributed by atoms with Gasteiger partial charge in [0.05, 0.1) is 27.4 Å². The average Bonchev–Trinajstić information content (AvgIpc) is 2.72. The maximum Gasteiger partial charge on any atom is 0.220 e. The van der Waals surface area contributed by atoms with Crippen LogP contribution in [0.3, 0.4) is 0 Å². The van der Waals surface area contributed by atoms with E-state index in [2.05, 4.69) is 10.2 Å². The molecule has 28 heavy (non-hydrogen) atoms. The predicted octanol–water partition coefficient (Wildman–Crippen LogP) is 3.06. The van der Waals surface area contributed by atoms with E-state index in [4.69, 9.17) is 14.2 Å². The molecule has 6 nitrogen and oxygen atoms in total. The summed E-state index contributed by atoms with van der Waals surface area (Å²) in [4.78, 5) is 14.4. The van der Waals surface area contributed by atoms with Gasteiger partial charge < -0.3 is 24.4 Å². The largest absolute Gasteiger partial charge is 0.497 e. The first-order valence-electron chi connectivity index (χ1n) is 9.26. The van der Waals surface area contributed by atoms with Gasteiger partial charge in [-0.2, -0.15) is 0 Å². The molecular formula is C22H30N2O4. The van der Waals surface area contributed by atoms with Crippen LogP contribution in [0.1, 0.15) is 23.6 Å². The van der Waals surface area contributed by atoms with Crippen molar-refractivity contribution in [3.8, 4) is 17.2 Å². The maximum absolute atomic E-state index is 12.3. The molecule has 0 saturated heterocycles. The first-order chi connectivity index (χ1) is 13.5. The van der Waals surface area contributed by atoms with Gasteiger partial charge in [0, 0.05) is 13.0 Å². The van der Waals surface area contributed by atoms with Crippen molar-refractivity contribution < 1.29 is 19.0 Å². The molecule has 1 amide bonds. The zero-order chi connectivity index (χ0) is 20.5. The van der Waals surface area contributed by atoms with Crippen molar-refractivity contribution in [2.24, 2.45) is 0 Å². The highest BCUT2D eigenvalue weighted by molar-refractivity contribution is 5.76. The van der Waals surface area contributed by atoms with E-state index in [0.717, 1.165) is 16.9 Å². The van der Waals surface area contributed by atoms with Crippen molar-refractivity contribution >= 4 is 5.91 Å². The summed E-state index contributed by atoms with van der Waals surface area (Å²) in [5, 5.41) is 3.04. The second-order valence-corrected chi connectivity index (χ2v) is 6.75. The van der Waals surface area contributed by atoms with Crippen molar-refractivity contribution in [2.45, 2.75) is 18.9 Å². The van der Waals surface area contributed by atoms with E-state index >= 15 is 0 Å². The van der Waals surface area contributed by atoms with Crippen molar-refractivity contribution in [3.63, 3.8) is 0 Å². The fourth-order valence-corrected chi connectivity index (χ4v) is 3.02. The quantitative estimate of drug-likeness (QED) is 0.680. The summed E-state index contributed by atoms with van der Waals surface area (Å²) in [5.74, 6) is 2.20. The normalized spacial score (nSPS) is 11.8. The molecule has 0 radical (unpaired) electrons. The summed E-state index contributed by atoms with van der Waals surface area (Å²) >= 11 is 0.